The van der Waals surface area contributed by atoms with Crippen molar-refractivity contribution in [3.05, 3.63) is 0 Å². The van der Waals surface area contributed by atoms with E-state index in [4.69, 9.17) is 5.11 Å². The molecule has 0 spiro atoms. The van der Waals surface area contributed by atoms with Gasteiger partial charge in [-0.2, -0.15) is 0 Å². The third-order valence-electron chi connectivity index (χ3n) is 2.80. The summed E-state index contributed by atoms with van der Waals surface area (Å²) in [4.78, 5) is 25.7. The number of hydrogen-bond donors (Lipinski definition) is 2. The van der Waals surface area contributed by atoms with Gasteiger partial charge in [0, 0.05) is 19.1 Å². The second kappa shape index (κ2) is 5.69. The molecule has 6 nitrogen and oxygen atoms in total. The summed E-state index contributed by atoms with van der Waals surface area (Å²) in [5.74, 6) is -1.02. The van der Waals surface area contributed by atoms with Crippen LogP contribution in [0.3, 0.4) is 0 Å². The molecule has 1 heterocycles. The molecule has 1 unspecified atom stereocenters. The molecule has 92 valence electrons. The highest BCUT2D eigenvalue weighted by Gasteiger charge is 2.24. The van der Waals surface area contributed by atoms with Gasteiger partial charge < -0.3 is 20.2 Å². The number of likely N-dealkylation sites (tertiary alicyclic amines) is 1. The number of carboxylic acids is 1. The third kappa shape index (κ3) is 3.69. The van der Waals surface area contributed by atoms with Crippen LogP contribution in [0.25, 0.3) is 0 Å². The third-order valence-corrected chi connectivity index (χ3v) is 2.80. The number of piperidine rings is 1. The standard InChI is InChI=1S/C10H19N3O3/c1-12(2)8-4-3-5-13(7-8)10(16)11-6-9(14)15/h8H,3-7H2,1-2H3,(H,11,16)(H,14,15). The monoisotopic (exact) mass is 229 g/mol. The second-order valence-corrected chi connectivity index (χ2v) is 4.26. The summed E-state index contributed by atoms with van der Waals surface area (Å²) in [5.41, 5.74) is 0. The number of nitrogens with zero attached hydrogens (tertiary/aromatic N) is 2. The summed E-state index contributed by atoms with van der Waals surface area (Å²) in [5, 5.41) is 10.8. The van der Waals surface area contributed by atoms with Crippen LogP contribution >= 0.6 is 0 Å². The topological polar surface area (TPSA) is 72.9 Å². The van der Waals surface area contributed by atoms with Crippen LogP contribution in [0, 0.1) is 0 Å². The van der Waals surface area contributed by atoms with Crippen molar-refractivity contribution in [1.82, 2.24) is 15.1 Å². The Labute approximate surface area is 95.2 Å². The number of amides is 2. The van der Waals surface area contributed by atoms with E-state index in [9.17, 15) is 9.59 Å². The van der Waals surface area contributed by atoms with E-state index in [-0.39, 0.29) is 12.6 Å². The van der Waals surface area contributed by atoms with Gasteiger partial charge in [-0.05, 0) is 26.9 Å². The fourth-order valence-corrected chi connectivity index (χ4v) is 1.82. The number of hydrogen-bond acceptors (Lipinski definition) is 3. The Balaban J connectivity index is 2.40. The first-order chi connectivity index (χ1) is 7.50. The minimum Gasteiger partial charge on any atom is -0.480 e. The Morgan fingerprint density at radius 2 is 2.19 bits per heavy atom. The Hall–Kier alpha value is -1.30. The Morgan fingerprint density at radius 3 is 2.75 bits per heavy atom. The van der Waals surface area contributed by atoms with E-state index in [1.54, 1.807) is 4.90 Å². The second-order valence-electron chi connectivity index (χ2n) is 4.26. The number of urea groups is 1. The van der Waals surface area contributed by atoms with Crippen molar-refractivity contribution in [2.45, 2.75) is 18.9 Å². The van der Waals surface area contributed by atoms with E-state index in [1.165, 1.54) is 0 Å². The van der Waals surface area contributed by atoms with Crippen LogP contribution in [0.1, 0.15) is 12.8 Å². The molecule has 1 fully saturated rings. The zero-order chi connectivity index (χ0) is 12.1. The van der Waals surface area contributed by atoms with Crippen LogP contribution in [0.2, 0.25) is 0 Å². The molecule has 1 aliphatic rings. The first kappa shape index (κ1) is 12.8. The molecule has 1 rings (SSSR count). The lowest BCUT2D eigenvalue weighted by Crippen LogP contribution is -2.51. The zero-order valence-electron chi connectivity index (χ0n) is 9.77. The SMILES string of the molecule is CN(C)C1CCCN(C(=O)NCC(=O)O)C1. The van der Waals surface area contributed by atoms with Crippen LogP contribution in [0.15, 0.2) is 0 Å². The number of rotatable bonds is 3. The van der Waals surface area contributed by atoms with Crippen molar-refractivity contribution in [2.75, 3.05) is 33.7 Å². The molecule has 1 aliphatic heterocycles. The van der Waals surface area contributed by atoms with Gasteiger partial charge in [-0.3, -0.25) is 4.79 Å². The van der Waals surface area contributed by atoms with Crippen molar-refractivity contribution in [3.63, 3.8) is 0 Å². The van der Waals surface area contributed by atoms with Crippen molar-refractivity contribution >= 4 is 12.0 Å². The average molecular weight is 229 g/mol. The van der Waals surface area contributed by atoms with Gasteiger partial charge in [0.1, 0.15) is 6.54 Å². The van der Waals surface area contributed by atoms with Crippen molar-refractivity contribution in [2.24, 2.45) is 0 Å². The van der Waals surface area contributed by atoms with E-state index < -0.39 is 5.97 Å². The minimum absolute atomic E-state index is 0.283. The highest BCUT2D eigenvalue weighted by molar-refractivity contribution is 5.80. The molecule has 0 radical (unpaired) electrons. The van der Waals surface area contributed by atoms with Crippen LogP contribution < -0.4 is 5.32 Å². The number of carboxylic acid groups (broad SMARTS) is 1. The lowest BCUT2D eigenvalue weighted by molar-refractivity contribution is -0.135. The van der Waals surface area contributed by atoms with Gasteiger partial charge in [0.25, 0.3) is 0 Å². The molecule has 16 heavy (non-hydrogen) atoms. The highest BCUT2D eigenvalue weighted by Crippen LogP contribution is 2.13. The average Bonchev–Trinajstić information content (AvgIpc) is 2.26. The molecule has 0 aromatic rings. The van der Waals surface area contributed by atoms with Gasteiger partial charge in [0.15, 0.2) is 0 Å². The van der Waals surface area contributed by atoms with Crippen LogP contribution in [-0.4, -0.2) is 66.7 Å². The molecular weight excluding hydrogens is 210 g/mol. The van der Waals surface area contributed by atoms with Crippen LogP contribution in [-0.2, 0) is 4.79 Å². The maximum atomic E-state index is 11.6. The molecule has 2 N–H and O–H groups in total. The van der Waals surface area contributed by atoms with Crippen LogP contribution in [0.5, 0.6) is 0 Å². The number of carbonyl (C=O) groups excluding carboxylic acids is 1. The van der Waals surface area contributed by atoms with E-state index in [0.717, 1.165) is 12.8 Å². The van der Waals surface area contributed by atoms with Crippen molar-refractivity contribution < 1.29 is 14.7 Å². The molecule has 1 atom stereocenters. The van der Waals surface area contributed by atoms with Gasteiger partial charge in [-0.1, -0.05) is 0 Å². The molecule has 1 saturated heterocycles. The number of carbonyl (C=O) groups is 2. The molecule has 0 bridgehead atoms. The zero-order valence-corrected chi connectivity index (χ0v) is 9.77. The molecule has 0 aromatic carbocycles. The van der Waals surface area contributed by atoms with E-state index >= 15 is 0 Å². The van der Waals surface area contributed by atoms with Gasteiger partial charge in [0.05, 0.1) is 0 Å². The first-order valence-corrected chi connectivity index (χ1v) is 5.41. The molecule has 2 amide bonds. The maximum absolute atomic E-state index is 11.6. The number of aliphatic carboxylic acids is 1. The van der Waals surface area contributed by atoms with Gasteiger partial charge in [-0.15, -0.1) is 0 Å². The van der Waals surface area contributed by atoms with E-state index in [2.05, 4.69) is 10.2 Å². The molecular formula is C10H19N3O3. The highest BCUT2D eigenvalue weighted by atomic mass is 16.4. The Morgan fingerprint density at radius 1 is 1.50 bits per heavy atom. The molecule has 0 aromatic heterocycles. The maximum Gasteiger partial charge on any atom is 0.323 e. The molecule has 0 aliphatic carbocycles. The van der Waals surface area contributed by atoms with Gasteiger partial charge >= 0.3 is 12.0 Å². The lowest BCUT2D eigenvalue weighted by Gasteiger charge is -2.35. The first-order valence-electron chi connectivity index (χ1n) is 5.41. The normalized spacial score (nSPS) is 20.9. The Bertz CT molecular complexity index is 268. The quantitative estimate of drug-likeness (QED) is 0.703. The predicted molar refractivity (Wildman–Crippen MR) is 59.3 cm³/mol. The van der Waals surface area contributed by atoms with Gasteiger partial charge in [0.2, 0.25) is 0 Å². The fraction of sp³-hybridized carbons (Fsp3) is 0.800. The summed E-state index contributed by atoms with van der Waals surface area (Å²) in [6.07, 6.45) is 2.04. The summed E-state index contributed by atoms with van der Waals surface area (Å²) >= 11 is 0. The van der Waals surface area contributed by atoms with Crippen molar-refractivity contribution in [3.8, 4) is 0 Å². The molecule has 0 saturated carbocycles. The van der Waals surface area contributed by atoms with E-state index in [0.29, 0.717) is 19.1 Å². The Kier molecular flexibility index (Phi) is 4.54. The van der Waals surface area contributed by atoms with Crippen molar-refractivity contribution in [1.29, 1.82) is 0 Å². The summed E-state index contributed by atoms with van der Waals surface area (Å²) in [6.45, 7) is 1.05. The van der Waals surface area contributed by atoms with Crippen LogP contribution in [0.4, 0.5) is 4.79 Å². The summed E-state index contributed by atoms with van der Waals surface area (Å²) in [7, 11) is 3.98. The predicted octanol–water partition coefficient (Wildman–Crippen LogP) is -0.193. The summed E-state index contributed by atoms with van der Waals surface area (Å²) < 4.78 is 0. The minimum atomic E-state index is -1.02. The van der Waals surface area contributed by atoms with E-state index in [1.807, 2.05) is 14.1 Å². The lowest BCUT2D eigenvalue weighted by atomic mass is 10.1. The van der Waals surface area contributed by atoms with Gasteiger partial charge in [-0.25, -0.2) is 4.79 Å². The summed E-state index contributed by atoms with van der Waals surface area (Å²) in [6, 6.07) is 0.0817. The smallest absolute Gasteiger partial charge is 0.323 e. The number of nitrogens with one attached hydrogen (secondary N) is 1. The number of likely N-dealkylation sites (N-methyl/N-ethyl adjacent to an activating group) is 1. The largest absolute Gasteiger partial charge is 0.480 e. The fourth-order valence-electron chi connectivity index (χ4n) is 1.82. The molecule has 6 heteroatoms.